The first-order chi connectivity index (χ1) is 14.6. The normalized spacial score (nSPS) is 17.0. The van der Waals surface area contributed by atoms with Crippen molar-refractivity contribution in [2.24, 2.45) is 12.0 Å². The molecule has 1 aromatic carbocycles. The quantitative estimate of drug-likeness (QED) is 0.408. The second-order valence-corrected chi connectivity index (χ2v) is 7.58. The second-order valence-electron chi connectivity index (χ2n) is 7.58. The Hall–Kier alpha value is -2.94. The summed E-state index contributed by atoms with van der Waals surface area (Å²) in [5, 5.41) is 15.9. The Labute approximate surface area is 174 Å². The highest BCUT2D eigenvalue weighted by Crippen LogP contribution is 2.19. The zero-order valence-electron chi connectivity index (χ0n) is 17.4. The van der Waals surface area contributed by atoms with Crippen molar-refractivity contribution >= 4 is 16.9 Å². The van der Waals surface area contributed by atoms with Gasteiger partial charge in [0.2, 0.25) is 0 Å². The molecule has 0 bridgehead atoms. The number of aromatic nitrogens is 4. The van der Waals surface area contributed by atoms with Gasteiger partial charge in [-0.25, -0.2) is 9.38 Å². The van der Waals surface area contributed by atoms with Gasteiger partial charge >= 0.3 is 0 Å². The third kappa shape index (κ3) is 4.79. The number of hydrogen-bond donors (Lipinski definition) is 3. The van der Waals surface area contributed by atoms with Gasteiger partial charge in [0.25, 0.3) is 0 Å². The van der Waals surface area contributed by atoms with Crippen molar-refractivity contribution in [1.82, 2.24) is 30.4 Å². The number of hydrogen-bond acceptors (Lipinski definition) is 4. The predicted molar refractivity (Wildman–Crippen MR) is 114 cm³/mol. The largest absolute Gasteiger partial charge is 0.376 e. The summed E-state index contributed by atoms with van der Waals surface area (Å²) in [6.07, 6.45) is 5.05. The van der Waals surface area contributed by atoms with E-state index in [1.54, 1.807) is 12.1 Å². The summed E-state index contributed by atoms with van der Waals surface area (Å²) in [6, 6.07) is 4.80. The second kappa shape index (κ2) is 9.25. The number of aryl methyl sites for hydroxylation is 1. The lowest BCUT2D eigenvalue weighted by atomic mass is 10.1. The van der Waals surface area contributed by atoms with Gasteiger partial charge < -0.3 is 24.9 Å². The summed E-state index contributed by atoms with van der Waals surface area (Å²) in [4.78, 5) is 7.87. The van der Waals surface area contributed by atoms with E-state index in [2.05, 4.69) is 30.8 Å². The van der Waals surface area contributed by atoms with Crippen LogP contribution < -0.4 is 10.6 Å². The van der Waals surface area contributed by atoms with Crippen molar-refractivity contribution in [3.63, 3.8) is 0 Å². The Morgan fingerprint density at radius 2 is 2.27 bits per heavy atom. The van der Waals surface area contributed by atoms with Gasteiger partial charge in [-0.3, -0.25) is 0 Å². The molecule has 4 rings (SSSR count). The van der Waals surface area contributed by atoms with Gasteiger partial charge in [-0.15, -0.1) is 10.2 Å². The Morgan fingerprint density at radius 3 is 3.03 bits per heavy atom. The summed E-state index contributed by atoms with van der Waals surface area (Å²) in [5.74, 6) is 2.14. The van der Waals surface area contributed by atoms with Crippen LogP contribution in [0.4, 0.5) is 4.39 Å². The molecule has 1 atom stereocenters. The molecular formula is C21H28FN7O. The highest BCUT2D eigenvalue weighted by Gasteiger charge is 2.16. The zero-order valence-corrected chi connectivity index (χ0v) is 17.4. The van der Waals surface area contributed by atoms with E-state index in [0.717, 1.165) is 54.0 Å². The molecule has 1 saturated heterocycles. The maximum atomic E-state index is 13.6. The molecule has 0 saturated carbocycles. The van der Waals surface area contributed by atoms with E-state index in [-0.39, 0.29) is 11.9 Å². The van der Waals surface area contributed by atoms with E-state index in [9.17, 15) is 4.39 Å². The third-order valence-electron chi connectivity index (χ3n) is 5.50. The number of nitrogens with zero attached hydrogens (tertiary/aromatic N) is 4. The van der Waals surface area contributed by atoms with Gasteiger partial charge in [0, 0.05) is 43.8 Å². The molecule has 0 amide bonds. The number of fused-ring (bicyclic) bond motifs is 1. The van der Waals surface area contributed by atoms with Crippen LogP contribution in [0.25, 0.3) is 10.9 Å². The van der Waals surface area contributed by atoms with E-state index in [1.165, 1.54) is 6.07 Å². The van der Waals surface area contributed by atoms with E-state index >= 15 is 0 Å². The van der Waals surface area contributed by atoms with Crippen LogP contribution in [0.1, 0.15) is 30.1 Å². The van der Waals surface area contributed by atoms with Crippen LogP contribution in [-0.4, -0.2) is 51.5 Å². The molecule has 1 unspecified atom stereocenters. The number of nitrogens with one attached hydrogen (secondary N) is 3. The van der Waals surface area contributed by atoms with Gasteiger partial charge in [-0.05, 0) is 49.9 Å². The molecule has 160 valence electrons. The maximum Gasteiger partial charge on any atom is 0.191 e. The van der Waals surface area contributed by atoms with Crippen molar-refractivity contribution in [1.29, 1.82) is 0 Å². The predicted octanol–water partition coefficient (Wildman–Crippen LogP) is 2.20. The minimum atomic E-state index is -0.226. The Bertz CT molecular complexity index is 1020. The molecule has 2 aromatic heterocycles. The van der Waals surface area contributed by atoms with Crippen LogP contribution in [0.2, 0.25) is 0 Å². The Balaban J connectivity index is 1.39. The zero-order chi connectivity index (χ0) is 20.9. The molecule has 1 fully saturated rings. The van der Waals surface area contributed by atoms with Gasteiger partial charge in [-0.2, -0.15) is 0 Å². The van der Waals surface area contributed by atoms with Crippen LogP contribution in [0.5, 0.6) is 0 Å². The van der Waals surface area contributed by atoms with Gasteiger partial charge in [0.1, 0.15) is 18.2 Å². The van der Waals surface area contributed by atoms with E-state index in [0.29, 0.717) is 25.6 Å². The molecule has 3 aromatic rings. The first-order valence-corrected chi connectivity index (χ1v) is 10.3. The number of H-pyrrole nitrogens is 1. The molecule has 30 heavy (non-hydrogen) atoms. The highest BCUT2D eigenvalue weighted by molar-refractivity contribution is 5.83. The van der Waals surface area contributed by atoms with Crippen molar-refractivity contribution in [2.45, 2.75) is 38.8 Å². The van der Waals surface area contributed by atoms with Crippen LogP contribution in [0, 0.1) is 12.7 Å². The fourth-order valence-corrected chi connectivity index (χ4v) is 3.60. The van der Waals surface area contributed by atoms with Crippen molar-refractivity contribution < 1.29 is 9.13 Å². The van der Waals surface area contributed by atoms with Gasteiger partial charge in [0.15, 0.2) is 11.8 Å². The van der Waals surface area contributed by atoms with Crippen molar-refractivity contribution in [3.05, 3.63) is 47.4 Å². The van der Waals surface area contributed by atoms with Crippen molar-refractivity contribution in [3.8, 4) is 0 Å². The van der Waals surface area contributed by atoms with E-state index in [4.69, 9.17) is 4.74 Å². The topological polar surface area (TPSA) is 92.2 Å². The van der Waals surface area contributed by atoms with E-state index in [1.807, 2.05) is 24.7 Å². The number of halogens is 1. The lowest BCUT2D eigenvalue weighted by Gasteiger charge is -2.15. The monoisotopic (exact) mass is 413 g/mol. The van der Waals surface area contributed by atoms with Crippen LogP contribution in [-0.2, 0) is 24.8 Å². The molecule has 0 aliphatic carbocycles. The molecular weight excluding hydrogens is 385 g/mol. The highest BCUT2D eigenvalue weighted by atomic mass is 19.1. The molecule has 3 N–H and O–H groups in total. The molecule has 1 aliphatic rings. The number of benzene rings is 1. The number of aromatic amines is 1. The SMILES string of the molecule is Cc1nnc(CN=C(NCCc2c[nH]c3ccc(F)cc23)NCC2CCCO2)n1C. The smallest absolute Gasteiger partial charge is 0.191 e. The van der Waals surface area contributed by atoms with Crippen molar-refractivity contribution in [2.75, 3.05) is 19.7 Å². The first kappa shape index (κ1) is 20.3. The standard InChI is InChI=1S/C21H28FN7O/c1-14-27-28-20(29(14)2)13-26-21(25-12-17-4-3-9-30-17)23-8-7-15-11-24-19-6-5-16(22)10-18(15)19/h5-6,10-11,17,24H,3-4,7-9,12-13H2,1-2H3,(H2,23,25,26). The average Bonchev–Trinajstić information content (AvgIpc) is 3.47. The fourth-order valence-electron chi connectivity index (χ4n) is 3.60. The molecule has 3 heterocycles. The summed E-state index contributed by atoms with van der Waals surface area (Å²) in [7, 11) is 1.93. The first-order valence-electron chi connectivity index (χ1n) is 10.3. The van der Waals surface area contributed by atoms with Gasteiger partial charge in [0.05, 0.1) is 6.10 Å². The van der Waals surface area contributed by atoms with Crippen LogP contribution >= 0.6 is 0 Å². The minimum absolute atomic E-state index is 0.214. The third-order valence-corrected chi connectivity index (χ3v) is 5.50. The molecule has 1 aliphatic heterocycles. The lowest BCUT2D eigenvalue weighted by Crippen LogP contribution is -2.42. The van der Waals surface area contributed by atoms with Crippen LogP contribution in [0.15, 0.2) is 29.4 Å². The minimum Gasteiger partial charge on any atom is -0.376 e. The summed E-state index contributed by atoms with van der Waals surface area (Å²) in [5.41, 5.74) is 2.01. The number of rotatable bonds is 7. The van der Waals surface area contributed by atoms with Crippen LogP contribution in [0.3, 0.4) is 0 Å². The summed E-state index contributed by atoms with van der Waals surface area (Å²) < 4.78 is 21.2. The summed E-state index contributed by atoms with van der Waals surface area (Å²) >= 11 is 0. The molecule has 8 nitrogen and oxygen atoms in total. The fraction of sp³-hybridized carbons (Fsp3) is 0.476. The Kier molecular flexibility index (Phi) is 6.27. The molecule has 0 spiro atoms. The van der Waals surface area contributed by atoms with E-state index < -0.39 is 0 Å². The molecule has 9 heteroatoms. The average molecular weight is 414 g/mol. The Morgan fingerprint density at radius 1 is 1.37 bits per heavy atom. The number of aliphatic imine (C=N–C) groups is 1. The van der Waals surface area contributed by atoms with Gasteiger partial charge in [-0.1, -0.05) is 0 Å². The number of ether oxygens (including phenoxy) is 1. The number of guanidine groups is 1. The molecule has 0 radical (unpaired) electrons. The maximum absolute atomic E-state index is 13.6. The lowest BCUT2D eigenvalue weighted by molar-refractivity contribution is 0.114. The summed E-state index contributed by atoms with van der Waals surface area (Å²) in [6.45, 7) is 4.54.